The number of nitrogens with one attached hydrogen (secondary N) is 3. The molecule has 5 saturated heterocycles. The molecule has 28 atom stereocenters. The van der Waals surface area contributed by atoms with Crippen molar-refractivity contribution in [3.8, 4) is 0 Å². The third kappa shape index (κ3) is 31.4. The molecule has 0 aliphatic carbocycles. The maximum atomic E-state index is 13.6. The average molecular weight is 1620 g/mol. The van der Waals surface area contributed by atoms with Gasteiger partial charge in [0, 0.05) is 19.8 Å². The number of hydrogen-bond acceptors (Lipinski definition) is 31. The van der Waals surface area contributed by atoms with Crippen LogP contribution in [0.5, 0.6) is 0 Å². The van der Waals surface area contributed by atoms with Crippen molar-refractivity contribution < 1.29 is 158 Å². The average Bonchev–Trinajstić information content (AvgIpc) is 0.755. The highest BCUT2D eigenvalue weighted by atomic mass is 16.8. The smallest absolute Gasteiger partial charge is 0.364 e. The molecule has 0 bridgehead atoms. The van der Waals surface area contributed by atoms with Crippen LogP contribution in [0.25, 0.3) is 0 Å². The van der Waals surface area contributed by atoms with Gasteiger partial charge in [-0.15, -0.1) is 0 Å². The topological polar surface area (TPSA) is 561 Å². The predicted octanol–water partition coefficient (Wildman–Crippen LogP) is -0.510. The summed E-state index contributed by atoms with van der Waals surface area (Å²) in [6.07, 6.45) is -9.83. The number of carboxylic acid groups (broad SMARTS) is 1. The number of carbonyl (C=O) groups is 4. The van der Waals surface area contributed by atoms with Gasteiger partial charge < -0.3 is 155 Å². The Morgan fingerprint density at radius 1 is 0.473 bits per heavy atom. The van der Waals surface area contributed by atoms with E-state index >= 15 is 0 Å². The van der Waals surface area contributed by atoms with Crippen LogP contribution in [0.15, 0.2) is 12.2 Å². The number of allylic oxidation sites excluding steroid dienone is 1. The largest absolute Gasteiger partial charge is 0.477 e. The standard InChI is InChI=1S/C77H139N3O32/c1-4-6-8-10-12-14-16-18-19-20-21-22-23-25-27-29-31-33-35-37-55(91)79-47(48(88)36-34-32-30-28-26-24-17-15-13-11-9-7-5-2)45-103-73-64(98)63(97)68(54(43-85)107-73)109-74-65(99)70(60(94)51(40-82)104-74)110-72-58(78-46(3)87)62(96)67(53(42-84)106-72)108-75-66(100)71(61(95)52(41-83)105-75)112-77(76(101)102)38-49(89)57(80-56(92)44-86)69(111-77)59(93)50(90)39-81/h34,36,47-54,57-75,81-86,88-90,93-100H,4-33,35,37-45H2,1-3H3,(H,78,87)(H,79,91)(H,80,92)(H,101,102)/b36-34+/t47-,48+,49?,50+,51?,52?,53?,54?,57+,58?,59+,60-,61-,62+,63+,64?,65?,66?,67+,68+,69?,70-,71-,72-,73+,74-,75-,77-/m0/s1. The Morgan fingerprint density at radius 3 is 1.36 bits per heavy atom. The molecule has 3 amide bonds. The Kier molecular flexibility index (Phi) is 47.7. The number of aliphatic hydroxyl groups is 17. The molecule has 35 nitrogen and oxygen atoms in total. The lowest BCUT2D eigenvalue weighted by Crippen LogP contribution is -2.71. The number of rotatable bonds is 57. The van der Waals surface area contributed by atoms with Gasteiger partial charge in [0.1, 0.15) is 123 Å². The lowest BCUT2D eigenvalue weighted by atomic mass is 9.88. The van der Waals surface area contributed by atoms with Gasteiger partial charge in [-0.1, -0.05) is 206 Å². The molecule has 0 aromatic rings. The molecule has 5 fully saturated rings. The number of aliphatic hydroxyl groups excluding tert-OH is 17. The Hall–Kier alpha value is -3.46. The zero-order valence-electron chi connectivity index (χ0n) is 65.8. The molecule has 112 heavy (non-hydrogen) atoms. The summed E-state index contributed by atoms with van der Waals surface area (Å²) in [6, 6.07) is -4.78. The quantitative estimate of drug-likeness (QED) is 0.0269. The summed E-state index contributed by atoms with van der Waals surface area (Å²) in [7, 11) is 0. The van der Waals surface area contributed by atoms with E-state index in [0.717, 1.165) is 58.3 Å². The van der Waals surface area contributed by atoms with Gasteiger partial charge in [0.2, 0.25) is 17.7 Å². The highest BCUT2D eigenvalue weighted by molar-refractivity contribution is 5.78. The fourth-order valence-electron chi connectivity index (χ4n) is 15.0. The summed E-state index contributed by atoms with van der Waals surface area (Å²) in [5.74, 6) is -7.79. The molecule has 10 unspecified atom stereocenters. The number of unbranched alkanes of at least 4 members (excludes halogenated alkanes) is 29. The summed E-state index contributed by atoms with van der Waals surface area (Å²) in [5, 5.41) is 206. The van der Waals surface area contributed by atoms with Gasteiger partial charge in [0.05, 0.1) is 63.9 Å². The maximum absolute atomic E-state index is 13.6. The first kappa shape index (κ1) is 99.1. The lowest BCUT2D eigenvalue weighted by Gasteiger charge is -2.51. The fraction of sp³-hybridized carbons (Fsp3) is 0.922. The number of carbonyl (C=O) groups excluding carboxylic acids is 3. The molecular weight excluding hydrogens is 1480 g/mol. The van der Waals surface area contributed by atoms with Gasteiger partial charge in [-0.3, -0.25) is 14.4 Å². The summed E-state index contributed by atoms with van der Waals surface area (Å²) in [4.78, 5) is 51.9. The van der Waals surface area contributed by atoms with Crippen molar-refractivity contribution in [1.29, 1.82) is 0 Å². The summed E-state index contributed by atoms with van der Waals surface area (Å²) >= 11 is 0. The second-order valence-corrected chi connectivity index (χ2v) is 30.7. The number of hydrogen-bond donors (Lipinski definition) is 21. The first-order valence-corrected chi connectivity index (χ1v) is 41.3. The minimum absolute atomic E-state index is 0.170. The van der Waals surface area contributed by atoms with Gasteiger partial charge in [-0.2, -0.15) is 0 Å². The molecule has 5 aliphatic rings. The van der Waals surface area contributed by atoms with E-state index in [1.165, 1.54) is 135 Å². The van der Waals surface area contributed by atoms with Crippen LogP contribution >= 0.6 is 0 Å². The van der Waals surface area contributed by atoms with Crippen LogP contribution in [0.4, 0.5) is 0 Å². The molecule has 0 radical (unpaired) electrons. The zero-order valence-corrected chi connectivity index (χ0v) is 65.8. The Labute approximate surface area is 657 Å². The minimum Gasteiger partial charge on any atom is -0.477 e. The van der Waals surface area contributed by atoms with E-state index in [9.17, 15) is 111 Å². The van der Waals surface area contributed by atoms with E-state index in [4.69, 9.17) is 47.4 Å². The Morgan fingerprint density at radius 2 is 0.902 bits per heavy atom. The minimum atomic E-state index is -3.26. The molecule has 5 heterocycles. The van der Waals surface area contributed by atoms with Crippen molar-refractivity contribution in [1.82, 2.24) is 16.0 Å². The number of carboxylic acids is 1. The third-order valence-corrected chi connectivity index (χ3v) is 21.7. The van der Waals surface area contributed by atoms with Crippen molar-refractivity contribution in [2.45, 2.75) is 404 Å². The normalized spacial score (nSPS) is 33.6. The fourth-order valence-corrected chi connectivity index (χ4v) is 15.0. The van der Waals surface area contributed by atoms with Crippen molar-refractivity contribution in [3.05, 3.63) is 12.2 Å². The second-order valence-electron chi connectivity index (χ2n) is 30.7. The molecule has 35 heteroatoms. The van der Waals surface area contributed by atoms with Crippen LogP contribution < -0.4 is 16.0 Å². The molecule has 5 rings (SSSR count). The van der Waals surface area contributed by atoms with E-state index in [1.54, 1.807) is 6.08 Å². The molecule has 654 valence electrons. The molecular formula is C77H139N3O32. The monoisotopic (exact) mass is 1620 g/mol. The SMILES string of the molecule is CCCCCCCCCCCCC/C=C/[C@@H](O)[C@H](CO[C@@H]1OC(CO)[C@@H](O[C@@H]2OC(CO)[C@H](O)[C@H](O[C@@H]3OC(CO)[C@@H](O[C@@H]4OC(CO)[C@H](O)[C@H](O[C@]5(C(=O)O)CC(O)[C@@H](NC(=O)CO)C([C@H](O)[C@H](O)CO)O5)C4O)[C@H](O)C3NC(C)=O)C2O)[C@H](O)C1O)NC(=O)CCCCCCCCCCCCCCCCCCCCC. The molecule has 0 aromatic heterocycles. The van der Waals surface area contributed by atoms with Crippen LogP contribution in [0.2, 0.25) is 0 Å². The predicted molar refractivity (Wildman–Crippen MR) is 398 cm³/mol. The molecule has 0 aromatic carbocycles. The first-order chi connectivity index (χ1) is 53.8. The maximum Gasteiger partial charge on any atom is 0.364 e. The van der Waals surface area contributed by atoms with Gasteiger partial charge in [-0.25, -0.2) is 4.79 Å². The van der Waals surface area contributed by atoms with Gasteiger partial charge in [0.25, 0.3) is 5.79 Å². The van der Waals surface area contributed by atoms with E-state index in [1.807, 2.05) is 6.08 Å². The van der Waals surface area contributed by atoms with Crippen molar-refractivity contribution in [2.75, 3.05) is 46.2 Å². The molecule has 0 saturated carbocycles. The van der Waals surface area contributed by atoms with E-state index in [2.05, 4.69) is 29.8 Å². The molecule has 5 aliphatic heterocycles. The van der Waals surface area contributed by atoms with Crippen LogP contribution in [0.3, 0.4) is 0 Å². The van der Waals surface area contributed by atoms with Crippen molar-refractivity contribution >= 4 is 23.7 Å². The second kappa shape index (κ2) is 53.9. The Balaban J connectivity index is 1.23. The zero-order chi connectivity index (χ0) is 82.3. The van der Waals surface area contributed by atoms with E-state index in [0.29, 0.717) is 12.8 Å². The molecule has 21 N–H and O–H groups in total. The number of amides is 3. The lowest BCUT2D eigenvalue weighted by molar-refractivity contribution is -0.390. The molecule has 0 spiro atoms. The summed E-state index contributed by atoms with van der Waals surface area (Å²) in [6.45, 7) is -1.63. The van der Waals surface area contributed by atoms with Gasteiger partial charge in [-0.05, 0) is 19.3 Å². The van der Waals surface area contributed by atoms with E-state index < -0.39 is 242 Å². The number of aliphatic carboxylic acids is 1. The highest BCUT2D eigenvalue weighted by Crippen LogP contribution is 2.40. The van der Waals surface area contributed by atoms with Crippen LogP contribution in [-0.4, -0.2) is 333 Å². The van der Waals surface area contributed by atoms with Crippen LogP contribution in [-0.2, 0) is 66.5 Å². The highest BCUT2D eigenvalue weighted by Gasteiger charge is 2.61. The van der Waals surface area contributed by atoms with Crippen LogP contribution in [0.1, 0.15) is 233 Å². The van der Waals surface area contributed by atoms with E-state index in [-0.39, 0.29) is 12.3 Å². The van der Waals surface area contributed by atoms with Gasteiger partial charge >= 0.3 is 5.97 Å². The third-order valence-electron chi connectivity index (χ3n) is 21.7. The van der Waals surface area contributed by atoms with Crippen molar-refractivity contribution in [3.63, 3.8) is 0 Å². The van der Waals surface area contributed by atoms with Crippen LogP contribution in [0, 0.1) is 0 Å². The number of ether oxygens (including phenoxy) is 10. The first-order valence-electron chi connectivity index (χ1n) is 41.3. The van der Waals surface area contributed by atoms with Gasteiger partial charge in [0.15, 0.2) is 25.2 Å². The Bertz CT molecular complexity index is 2590. The van der Waals surface area contributed by atoms with Crippen molar-refractivity contribution in [2.24, 2.45) is 0 Å². The summed E-state index contributed by atoms with van der Waals surface area (Å²) < 4.78 is 58.7. The summed E-state index contributed by atoms with van der Waals surface area (Å²) in [5.41, 5.74) is 0.